The van der Waals surface area contributed by atoms with Crippen molar-refractivity contribution >= 4 is 11.0 Å². The number of hydrogen-bond acceptors (Lipinski definition) is 2. The number of nitrogens with zero attached hydrogens (tertiary/aromatic N) is 1. The molecule has 0 unspecified atom stereocenters. The van der Waals surface area contributed by atoms with Gasteiger partial charge < -0.3 is 9.40 Å². The fraction of sp³-hybridized carbons (Fsp3) is 0.100. The van der Waals surface area contributed by atoms with Crippen LogP contribution in [0.1, 0.15) is 5.76 Å². The molecular formula is C10H8N2O. The highest BCUT2D eigenvalue weighted by atomic mass is 16.3. The number of aromatic amines is 1. The lowest BCUT2D eigenvalue weighted by Crippen LogP contribution is -1.81. The fourth-order valence-corrected chi connectivity index (χ4v) is 1.68. The van der Waals surface area contributed by atoms with Gasteiger partial charge in [0.25, 0.3) is 0 Å². The maximum absolute atomic E-state index is 5.51. The third kappa shape index (κ3) is 0.811. The summed E-state index contributed by atoms with van der Waals surface area (Å²) in [5.74, 6) is 0.941. The Morgan fingerprint density at radius 3 is 3.23 bits per heavy atom. The summed E-state index contributed by atoms with van der Waals surface area (Å²) >= 11 is 0. The minimum atomic E-state index is 0.928. The summed E-state index contributed by atoms with van der Waals surface area (Å²) in [6, 6.07) is 4.03. The summed E-state index contributed by atoms with van der Waals surface area (Å²) in [5, 5.41) is 1.14. The van der Waals surface area contributed by atoms with Gasteiger partial charge in [-0.2, -0.15) is 0 Å². The molecule has 1 aromatic heterocycles. The van der Waals surface area contributed by atoms with Gasteiger partial charge >= 0.3 is 0 Å². The molecule has 3 rings (SSSR count). The van der Waals surface area contributed by atoms with Crippen molar-refractivity contribution in [1.82, 2.24) is 9.97 Å². The lowest BCUT2D eigenvalue weighted by molar-refractivity contribution is 0.579. The number of hydrogen-bond donors (Lipinski definition) is 1. The molecule has 0 fully saturated rings. The lowest BCUT2D eigenvalue weighted by atomic mass is 10.2. The Morgan fingerprint density at radius 2 is 2.31 bits per heavy atom. The largest absolute Gasteiger partial charge is 0.461 e. The Bertz CT molecular complexity index is 535. The van der Waals surface area contributed by atoms with Crippen LogP contribution in [-0.4, -0.2) is 9.97 Å². The van der Waals surface area contributed by atoms with Gasteiger partial charge in [-0.05, 0) is 13.0 Å². The van der Waals surface area contributed by atoms with Crippen LogP contribution in [-0.2, 0) is 0 Å². The summed E-state index contributed by atoms with van der Waals surface area (Å²) in [6.45, 7) is 1.95. The van der Waals surface area contributed by atoms with Crippen LogP contribution in [0.2, 0.25) is 0 Å². The number of aromatic nitrogens is 2. The van der Waals surface area contributed by atoms with Gasteiger partial charge in [0.15, 0.2) is 0 Å². The van der Waals surface area contributed by atoms with Crippen LogP contribution in [0.25, 0.3) is 22.2 Å². The van der Waals surface area contributed by atoms with Gasteiger partial charge in [0, 0.05) is 23.2 Å². The Labute approximate surface area is 74.7 Å². The fourth-order valence-electron chi connectivity index (χ4n) is 1.68. The average molecular weight is 172 g/mol. The smallest absolute Gasteiger partial charge is 0.137 e. The predicted octanol–water partition coefficient (Wildman–Crippen LogP) is 2.57. The molecule has 1 aliphatic heterocycles. The van der Waals surface area contributed by atoms with Crippen molar-refractivity contribution in [3.63, 3.8) is 0 Å². The van der Waals surface area contributed by atoms with E-state index in [0.29, 0.717) is 0 Å². The van der Waals surface area contributed by atoms with Gasteiger partial charge in [-0.15, -0.1) is 0 Å². The van der Waals surface area contributed by atoms with Crippen LogP contribution in [0, 0.1) is 6.92 Å². The number of rotatable bonds is 0. The zero-order chi connectivity index (χ0) is 8.84. The highest BCUT2D eigenvalue weighted by Crippen LogP contribution is 2.33. The molecule has 13 heavy (non-hydrogen) atoms. The zero-order valence-electron chi connectivity index (χ0n) is 7.16. The highest BCUT2D eigenvalue weighted by molar-refractivity contribution is 5.98. The van der Waals surface area contributed by atoms with Gasteiger partial charge in [0.1, 0.15) is 11.3 Å². The van der Waals surface area contributed by atoms with Crippen molar-refractivity contribution in [3.8, 4) is 11.3 Å². The van der Waals surface area contributed by atoms with E-state index in [9.17, 15) is 0 Å². The normalized spacial score (nSPS) is 11.5. The van der Waals surface area contributed by atoms with Crippen molar-refractivity contribution in [1.29, 1.82) is 0 Å². The van der Waals surface area contributed by atoms with E-state index in [-0.39, 0.29) is 0 Å². The maximum Gasteiger partial charge on any atom is 0.137 e. The van der Waals surface area contributed by atoms with E-state index in [1.807, 2.05) is 25.3 Å². The van der Waals surface area contributed by atoms with Crippen LogP contribution in [0.4, 0.5) is 0 Å². The third-order valence-electron chi connectivity index (χ3n) is 2.24. The molecule has 0 radical (unpaired) electrons. The number of aryl methyl sites for hydroxylation is 1. The molecule has 0 spiro atoms. The first-order valence-electron chi connectivity index (χ1n) is 4.16. The zero-order valence-corrected chi connectivity index (χ0v) is 7.16. The molecule has 2 aliphatic rings. The van der Waals surface area contributed by atoms with Crippen LogP contribution in [0.5, 0.6) is 0 Å². The highest BCUT2D eigenvalue weighted by Gasteiger charge is 2.12. The van der Waals surface area contributed by atoms with Gasteiger partial charge in [0.05, 0.1) is 12.0 Å². The van der Waals surface area contributed by atoms with Crippen LogP contribution >= 0.6 is 0 Å². The monoisotopic (exact) mass is 172 g/mol. The second-order valence-corrected chi connectivity index (χ2v) is 3.16. The summed E-state index contributed by atoms with van der Waals surface area (Å²) in [6.07, 6.45) is 3.52. The average Bonchev–Trinajstić information content (AvgIpc) is 2.60. The number of H-pyrrole nitrogens is 1. The second-order valence-electron chi connectivity index (χ2n) is 3.16. The molecule has 0 saturated carbocycles. The van der Waals surface area contributed by atoms with E-state index in [2.05, 4.69) is 9.97 Å². The van der Waals surface area contributed by atoms with Crippen molar-refractivity contribution in [3.05, 3.63) is 30.4 Å². The van der Waals surface area contributed by atoms with Crippen molar-refractivity contribution in [2.75, 3.05) is 0 Å². The van der Waals surface area contributed by atoms with E-state index < -0.39 is 0 Å². The number of furan rings is 1. The van der Waals surface area contributed by atoms with Crippen LogP contribution < -0.4 is 0 Å². The van der Waals surface area contributed by atoms with E-state index in [1.165, 1.54) is 0 Å². The second kappa shape index (κ2) is 2.13. The van der Waals surface area contributed by atoms with Crippen LogP contribution in [0.15, 0.2) is 29.1 Å². The van der Waals surface area contributed by atoms with Crippen LogP contribution in [0.3, 0.4) is 0 Å². The molecule has 3 heteroatoms. The molecule has 0 aromatic carbocycles. The standard InChI is InChI=1S/C10H8N2O/c1-6-2-7-8-4-11-5-12-9(8)3-10(7)13-6/h2-5H,1H3,(H,11,12). The summed E-state index contributed by atoms with van der Waals surface area (Å²) in [5.41, 5.74) is 3.12. The first-order chi connectivity index (χ1) is 6.34. The maximum atomic E-state index is 5.51. The van der Waals surface area contributed by atoms with Gasteiger partial charge in [0.2, 0.25) is 0 Å². The Kier molecular flexibility index (Phi) is 1.10. The minimum Gasteiger partial charge on any atom is -0.461 e. The molecule has 0 atom stereocenters. The molecule has 0 amide bonds. The molecular weight excluding hydrogens is 164 g/mol. The van der Waals surface area contributed by atoms with E-state index in [0.717, 1.165) is 28.0 Å². The Hall–Kier alpha value is -1.77. The van der Waals surface area contributed by atoms with E-state index in [4.69, 9.17) is 4.42 Å². The molecule has 1 aliphatic carbocycles. The van der Waals surface area contributed by atoms with Crippen molar-refractivity contribution < 1.29 is 4.42 Å². The Morgan fingerprint density at radius 1 is 1.38 bits per heavy atom. The molecule has 1 N–H and O–H groups in total. The van der Waals surface area contributed by atoms with E-state index in [1.54, 1.807) is 6.33 Å². The molecule has 1 aromatic rings. The van der Waals surface area contributed by atoms with Gasteiger partial charge in [-0.1, -0.05) is 0 Å². The lowest BCUT2D eigenvalue weighted by Gasteiger charge is -1.94. The first kappa shape index (κ1) is 6.71. The predicted molar refractivity (Wildman–Crippen MR) is 49.7 cm³/mol. The summed E-state index contributed by atoms with van der Waals surface area (Å²) in [4.78, 5) is 7.12. The summed E-state index contributed by atoms with van der Waals surface area (Å²) in [7, 11) is 0. The Balaban J connectivity index is 2.53. The molecule has 3 nitrogen and oxygen atoms in total. The van der Waals surface area contributed by atoms with Gasteiger partial charge in [-0.25, -0.2) is 4.98 Å². The number of nitrogens with one attached hydrogen (secondary N) is 1. The summed E-state index contributed by atoms with van der Waals surface area (Å²) < 4.78 is 5.51. The van der Waals surface area contributed by atoms with Gasteiger partial charge in [-0.3, -0.25) is 0 Å². The first-order valence-corrected chi connectivity index (χ1v) is 4.16. The third-order valence-corrected chi connectivity index (χ3v) is 2.24. The van der Waals surface area contributed by atoms with Crippen molar-refractivity contribution in [2.24, 2.45) is 0 Å². The van der Waals surface area contributed by atoms with E-state index >= 15 is 0 Å². The SMILES string of the molecule is Cc1cc2c3cnc[nH]c-3cc2o1. The van der Waals surface area contributed by atoms with Crippen molar-refractivity contribution in [2.45, 2.75) is 6.92 Å². The number of fused-ring (bicyclic) bond motifs is 3. The topological polar surface area (TPSA) is 41.8 Å². The molecule has 0 bridgehead atoms. The quantitative estimate of drug-likeness (QED) is 0.566. The molecule has 64 valence electrons. The molecule has 2 heterocycles. The minimum absolute atomic E-state index is 0.928. The molecule has 0 saturated heterocycles.